The Morgan fingerprint density at radius 3 is 2.52 bits per heavy atom. The van der Waals surface area contributed by atoms with Gasteiger partial charge in [0, 0.05) is 19.1 Å². The zero-order valence-corrected chi connectivity index (χ0v) is 13.4. The maximum absolute atomic E-state index is 5.23. The quantitative estimate of drug-likeness (QED) is 0.834. The second-order valence-corrected chi connectivity index (χ2v) is 5.45. The highest BCUT2D eigenvalue weighted by atomic mass is 16.5. The zero-order valence-electron chi connectivity index (χ0n) is 13.4. The number of anilines is 2. The van der Waals surface area contributed by atoms with Gasteiger partial charge in [0.15, 0.2) is 0 Å². The van der Waals surface area contributed by atoms with Crippen LogP contribution in [0.1, 0.15) is 52.4 Å². The average molecular weight is 293 g/mol. The molecule has 0 amide bonds. The molecule has 6 heteroatoms. The molecule has 0 aromatic carbocycles. The summed E-state index contributed by atoms with van der Waals surface area (Å²) in [6.07, 6.45) is 7.41. The van der Waals surface area contributed by atoms with E-state index in [1.807, 2.05) is 0 Å². The minimum atomic E-state index is 0.382. The zero-order chi connectivity index (χ0) is 15.1. The molecule has 1 fully saturated rings. The molecule has 1 heterocycles. The van der Waals surface area contributed by atoms with Crippen LogP contribution in [0, 0.1) is 0 Å². The Labute approximate surface area is 127 Å². The Morgan fingerprint density at radius 2 is 1.90 bits per heavy atom. The summed E-state index contributed by atoms with van der Waals surface area (Å²) in [5.41, 5.74) is 0. The normalized spacial score (nSPS) is 15.8. The van der Waals surface area contributed by atoms with Crippen LogP contribution >= 0.6 is 0 Å². The van der Waals surface area contributed by atoms with E-state index in [4.69, 9.17) is 4.74 Å². The van der Waals surface area contributed by atoms with Crippen LogP contribution in [0.15, 0.2) is 0 Å². The Balaban J connectivity index is 2.21. The lowest BCUT2D eigenvalue weighted by Gasteiger charge is -2.33. The summed E-state index contributed by atoms with van der Waals surface area (Å²) in [7, 11) is 1.60. The van der Waals surface area contributed by atoms with Gasteiger partial charge in [-0.15, -0.1) is 0 Å². The largest absolute Gasteiger partial charge is 0.467 e. The van der Waals surface area contributed by atoms with Gasteiger partial charge in [-0.2, -0.15) is 15.0 Å². The second kappa shape index (κ2) is 8.00. The Hall–Kier alpha value is -1.59. The molecule has 1 aliphatic carbocycles. The highest BCUT2D eigenvalue weighted by molar-refractivity contribution is 5.39. The van der Waals surface area contributed by atoms with Gasteiger partial charge in [0.05, 0.1) is 7.11 Å². The molecular formula is C15H27N5O. The molecular weight excluding hydrogens is 266 g/mol. The van der Waals surface area contributed by atoms with Gasteiger partial charge in [0.2, 0.25) is 11.9 Å². The van der Waals surface area contributed by atoms with Crippen LogP contribution < -0.4 is 15.0 Å². The van der Waals surface area contributed by atoms with Crippen LogP contribution in [0.3, 0.4) is 0 Å². The van der Waals surface area contributed by atoms with Gasteiger partial charge in [-0.05, 0) is 26.2 Å². The minimum absolute atomic E-state index is 0.382. The summed E-state index contributed by atoms with van der Waals surface area (Å²) >= 11 is 0. The van der Waals surface area contributed by atoms with Gasteiger partial charge in [-0.25, -0.2) is 0 Å². The van der Waals surface area contributed by atoms with Gasteiger partial charge in [-0.1, -0.05) is 26.2 Å². The lowest BCUT2D eigenvalue weighted by Crippen LogP contribution is -2.38. The third-order valence-electron chi connectivity index (χ3n) is 3.93. The van der Waals surface area contributed by atoms with E-state index in [9.17, 15) is 0 Å². The Morgan fingerprint density at radius 1 is 1.14 bits per heavy atom. The van der Waals surface area contributed by atoms with E-state index in [-0.39, 0.29) is 0 Å². The summed E-state index contributed by atoms with van der Waals surface area (Å²) < 4.78 is 5.23. The minimum Gasteiger partial charge on any atom is -0.467 e. The SMILES string of the molecule is CCCNc1nc(OC)nc(N(CC)C2CCCCC2)n1. The molecule has 1 aromatic rings. The first-order chi connectivity index (χ1) is 10.3. The molecule has 0 unspecified atom stereocenters. The molecule has 2 rings (SSSR count). The van der Waals surface area contributed by atoms with Crippen LogP contribution in [0.25, 0.3) is 0 Å². The van der Waals surface area contributed by atoms with Gasteiger partial charge in [-0.3, -0.25) is 0 Å². The maximum Gasteiger partial charge on any atom is 0.322 e. The summed E-state index contributed by atoms with van der Waals surface area (Å²) in [5.74, 6) is 1.34. The smallest absolute Gasteiger partial charge is 0.322 e. The summed E-state index contributed by atoms with van der Waals surface area (Å²) in [4.78, 5) is 15.6. The van der Waals surface area contributed by atoms with Crippen LogP contribution in [-0.2, 0) is 0 Å². The number of nitrogens with one attached hydrogen (secondary N) is 1. The van der Waals surface area contributed by atoms with Crippen LogP contribution in [0.2, 0.25) is 0 Å². The van der Waals surface area contributed by atoms with E-state index in [0.717, 1.165) is 25.5 Å². The van der Waals surface area contributed by atoms with Crippen molar-refractivity contribution < 1.29 is 4.74 Å². The molecule has 0 radical (unpaired) electrons. The number of hydrogen-bond donors (Lipinski definition) is 1. The number of aromatic nitrogens is 3. The average Bonchev–Trinajstić information content (AvgIpc) is 2.54. The van der Waals surface area contributed by atoms with Crippen molar-refractivity contribution in [3.05, 3.63) is 0 Å². The maximum atomic E-state index is 5.23. The molecule has 0 saturated heterocycles. The van der Waals surface area contributed by atoms with Crippen molar-refractivity contribution in [3.8, 4) is 6.01 Å². The number of methoxy groups -OCH3 is 1. The van der Waals surface area contributed by atoms with Gasteiger partial charge in [0.1, 0.15) is 0 Å². The molecule has 21 heavy (non-hydrogen) atoms. The van der Waals surface area contributed by atoms with Crippen molar-refractivity contribution in [2.24, 2.45) is 0 Å². The van der Waals surface area contributed by atoms with Crippen LogP contribution in [0.4, 0.5) is 11.9 Å². The van der Waals surface area contributed by atoms with Gasteiger partial charge >= 0.3 is 6.01 Å². The van der Waals surface area contributed by atoms with Crippen molar-refractivity contribution >= 4 is 11.9 Å². The lowest BCUT2D eigenvalue weighted by atomic mass is 9.94. The summed E-state index contributed by atoms with van der Waals surface area (Å²) in [6, 6.07) is 0.919. The first-order valence-electron chi connectivity index (χ1n) is 8.09. The molecule has 1 N–H and O–H groups in total. The van der Waals surface area contributed by atoms with Crippen molar-refractivity contribution in [3.63, 3.8) is 0 Å². The third-order valence-corrected chi connectivity index (χ3v) is 3.93. The molecule has 1 aliphatic rings. The highest BCUT2D eigenvalue weighted by Crippen LogP contribution is 2.26. The topological polar surface area (TPSA) is 63.2 Å². The summed E-state index contributed by atoms with van der Waals surface area (Å²) in [5, 5.41) is 3.22. The molecule has 0 bridgehead atoms. The van der Waals surface area contributed by atoms with E-state index < -0.39 is 0 Å². The van der Waals surface area contributed by atoms with Gasteiger partial charge < -0.3 is 15.0 Å². The predicted molar refractivity (Wildman–Crippen MR) is 85.1 cm³/mol. The molecule has 0 spiro atoms. The van der Waals surface area contributed by atoms with Crippen molar-refractivity contribution in [1.82, 2.24) is 15.0 Å². The molecule has 6 nitrogen and oxygen atoms in total. The van der Waals surface area contributed by atoms with E-state index in [1.165, 1.54) is 32.1 Å². The first kappa shape index (κ1) is 15.8. The molecule has 0 aliphatic heterocycles. The number of ether oxygens (including phenoxy) is 1. The monoisotopic (exact) mass is 293 g/mol. The molecule has 0 atom stereocenters. The van der Waals surface area contributed by atoms with E-state index >= 15 is 0 Å². The molecule has 1 aromatic heterocycles. The first-order valence-corrected chi connectivity index (χ1v) is 8.09. The lowest BCUT2D eigenvalue weighted by molar-refractivity contribution is 0.374. The number of nitrogens with zero attached hydrogens (tertiary/aromatic N) is 4. The summed E-state index contributed by atoms with van der Waals surface area (Å²) in [6.45, 7) is 6.03. The van der Waals surface area contributed by atoms with E-state index in [1.54, 1.807) is 7.11 Å². The Bertz CT molecular complexity index is 434. The van der Waals surface area contributed by atoms with E-state index in [0.29, 0.717) is 18.0 Å². The fourth-order valence-corrected chi connectivity index (χ4v) is 2.84. The fourth-order valence-electron chi connectivity index (χ4n) is 2.84. The van der Waals surface area contributed by atoms with Gasteiger partial charge in [0.25, 0.3) is 0 Å². The van der Waals surface area contributed by atoms with Crippen molar-refractivity contribution in [2.45, 2.75) is 58.4 Å². The van der Waals surface area contributed by atoms with Crippen LogP contribution in [0.5, 0.6) is 6.01 Å². The van der Waals surface area contributed by atoms with Crippen molar-refractivity contribution in [2.75, 3.05) is 30.4 Å². The molecule has 1 saturated carbocycles. The van der Waals surface area contributed by atoms with Crippen molar-refractivity contribution in [1.29, 1.82) is 0 Å². The van der Waals surface area contributed by atoms with Crippen LogP contribution in [-0.4, -0.2) is 41.2 Å². The molecule has 118 valence electrons. The third kappa shape index (κ3) is 4.19. The predicted octanol–water partition coefficient (Wildman–Crippen LogP) is 2.86. The van der Waals surface area contributed by atoms with E-state index in [2.05, 4.69) is 39.0 Å². The number of rotatable bonds is 7. The highest BCUT2D eigenvalue weighted by Gasteiger charge is 2.23. The standard InChI is InChI=1S/C15H27N5O/c1-4-11-16-13-17-14(19-15(18-13)21-3)20(5-2)12-9-7-6-8-10-12/h12H,4-11H2,1-3H3,(H,16,17,18,19). The Kier molecular flexibility index (Phi) is 6.02. The fraction of sp³-hybridized carbons (Fsp3) is 0.800. The number of hydrogen-bond acceptors (Lipinski definition) is 6. The second-order valence-electron chi connectivity index (χ2n) is 5.45.